The number of carbonyl (C=O) groups excluding carboxylic acids is 1. The number of aromatic nitrogens is 2. The lowest BCUT2D eigenvalue weighted by molar-refractivity contribution is -0.118. The van der Waals surface area contributed by atoms with Crippen molar-refractivity contribution in [1.29, 1.82) is 0 Å². The largest absolute Gasteiger partial charge is 0.356 e. The van der Waals surface area contributed by atoms with E-state index < -0.39 is 0 Å². The van der Waals surface area contributed by atoms with Crippen molar-refractivity contribution in [1.82, 2.24) is 14.9 Å². The van der Waals surface area contributed by atoms with Crippen LogP contribution in [-0.4, -0.2) is 22.1 Å². The van der Waals surface area contributed by atoms with Gasteiger partial charge in [0.2, 0.25) is 5.91 Å². The minimum Gasteiger partial charge on any atom is -0.356 e. The zero-order chi connectivity index (χ0) is 13.4. The standard InChI is InChI=1S/C15H19N3O/c1-10-9-14-15-12(5-7-16-11(2)19)3-4-13(15)6-8-18(14)17-10/h6,8-9,12H,3-5,7H2,1-2H3,(H,16,19). The lowest BCUT2D eigenvalue weighted by Gasteiger charge is -2.13. The van der Waals surface area contributed by atoms with E-state index in [0.29, 0.717) is 5.92 Å². The fourth-order valence-corrected chi connectivity index (χ4v) is 3.12. The first kappa shape index (κ1) is 12.2. The number of hydrogen-bond acceptors (Lipinski definition) is 2. The lowest BCUT2D eigenvalue weighted by Crippen LogP contribution is -2.22. The maximum atomic E-state index is 11.0. The third-order valence-electron chi connectivity index (χ3n) is 3.93. The second kappa shape index (κ2) is 4.68. The van der Waals surface area contributed by atoms with Crippen molar-refractivity contribution in [3.8, 4) is 0 Å². The Labute approximate surface area is 112 Å². The van der Waals surface area contributed by atoms with Crippen LogP contribution in [0.3, 0.4) is 0 Å². The Balaban J connectivity index is 1.89. The monoisotopic (exact) mass is 257 g/mol. The molecule has 2 aromatic heterocycles. The molecule has 1 aliphatic rings. The first-order valence-electron chi connectivity index (χ1n) is 6.87. The number of carbonyl (C=O) groups is 1. The highest BCUT2D eigenvalue weighted by atomic mass is 16.1. The zero-order valence-electron chi connectivity index (χ0n) is 11.4. The van der Waals surface area contributed by atoms with Crippen molar-refractivity contribution < 1.29 is 4.79 Å². The summed E-state index contributed by atoms with van der Waals surface area (Å²) in [6, 6.07) is 4.35. The molecule has 1 amide bonds. The fourth-order valence-electron chi connectivity index (χ4n) is 3.12. The summed E-state index contributed by atoms with van der Waals surface area (Å²) in [6.45, 7) is 4.36. The average Bonchev–Trinajstić information content (AvgIpc) is 2.90. The van der Waals surface area contributed by atoms with Gasteiger partial charge in [-0.1, -0.05) is 0 Å². The maximum absolute atomic E-state index is 11.0. The smallest absolute Gasteiger partial charge is 0.216 e. The summed E-state index contributed by atoms with van der Waals surface area (Å²) < 4.78 is 1.98. The predicted octanol–water partition coefficient (Wildman–Crippen LogP) is 2.20. The average molecular weight is 257 g/mol. The van der Waals surface area contributed by atoms with Crippen molar-refractivity contribution in [2.45, 2.75) is 39.0 Å². The maximum Gasteiger partial charge on any atom is 0.216 e. The zero-order valence-corrected chi connectivity index (χ0v) is 11.4. The van der Waals surface area contributed by atoms with Crippen LogP contribution in [0.2, 0.25) is 0 Å². The van der Waals surface area contributed by atoms with E-state index >= 15 is 0 Å². The second-order valence-corrected chi connectivity index (χ2v) is 5.38. The van der Waals surface area contributed by atoms with Crippen LogP contribution in [0.15, 0.2) is 18.3 Å². The van der Waals surface area contributed by atoms with Crippen LogP contribution in [0.1, 0.15) is 42.5 Å². The van der Waals surface area contributed by atoms with E-state index in [1.54, 1.807) is 6.92 Å². The topological polar surface area (TPSA) is 46.4 Å². The number of rotatable bonds is 3. The van der Waals surface area contributed by atoms with Crippen molar-refractivity contribution in [3.63, 3.8) is 0 Å². The van der Waals surface area contributed by atoms with Gasteiger partial charge in [-0.2, -0.15) is 5.10 Å². The van der Waals surface area contributed by atoms with Gasteiger partial charge in [0.1, 0.15) is 0 Å². The molecule has 1 aliphatic carbocycles. The summed E-state index contributed by atoms with van der Waals surface area (Å²) in [5.74, 6) is 0.596. The molecular weight excluding hydrogens is 238 g/mol. The summed E-state index contributed by atoms with van der Waals surface area (Å²) in [6.07, 6.45) is 5.38. The summed E-state index contributed by atoms with van der Waals surface area (Å²) in [7, 11) is 0. The van der Waals surface area contributed by atoms with Crippen molar-refractivity contribution >= 4 is 11.4 Å². The fraction of sp³-hybridized carbons (Fsp3) is 0.467. The first-order chi connectivity index (χ1) is 9.15. The third kappa shape index (κ3) is 2.23. The molecule has 0 spiro atoms. The van der Waals surface area contributed by atoms with E-state index in [4.69, 9.17) is 0 Å². The molecule has 0 fully saturated rings. The molecular formula is C15H19N3O. The van der Waals surface area contributed by atoms with Gasteiger partial charge in [-0.25, -0.2) is 4.52 Å². The molecule has 0 saturated heterocycles. The minimum atomic E-state index is 0.0524. The normalized spacial score (nSPS) is 17.7. The Morgan fingerprint density at radius 2 is 2.42 bits per heavy atom. The molecule has 1 unspecified atom stereocenters. The predicted molar refractivity (Wildman–Crippen MR) is 74.3 cm³/mol. The number of pyridine rings is 1. The van der Waals surface area contributed by atoms with Gasteiger partial charge in [0.15, 0.2) is 0 Å². The summed E-state index contributed by atoms with van der Waals surface area (Å²) in [4.78, 5) is 11.0. The molecule has 4 heteroatoms. The molecule has 0 aliphatic heterocycles. The number of fused-ring (bicyclic) bond motifs is 3. The highest BCUT2D eigenvalue weighted by Gasteiger charge is 2.25. The van der Waals surface area contributed by atoms with Crippen LogP contribution in [0.4, 0.5) is 0 Å². The molecule has 4 nitrogen and oxygen atoms in total. The molecule has 0 aromatic carbocycles. The first-order valence-corrected chi connectivity index (χ1v) is 6.87. The van der Waals surface area contributed by atoms with Crippen molar-refractivity contribution in [2.75, 3.05) is 6.54 Å². The van der Waals surface area contributed by atoms with Crippen LogP contribution < -0.4 is 5.32 Å². The Morgan fingerprint density at radius 3 is 3.21 bits per heavy atom. The van der Waals surface area contributed by atoms with Crippen molar-refractivity contribution in [3.05, 3.63) is 35.2 Å². The van der Waals surface area contributed by atoms with Gasteiger partial charge in [-0.05, 0) is 55.4 Å². The Morgan fingerprint density at radius 1 is 1.58 bits per heavy atom. The Hall–Kier alpha value is -1.84. The Kier molecular flexibility index (Phi) is 3.01. The van der Waals surface area contributed by atoms with E-state index in [2.05, 4.69) is 28.7 Å². The molecule has 1 atom stereocenters. The number of hydrogen-bond donors (Lipinski definition) is 1. The van der Waals surface area contributed by atoms with Crippen molar-refractivity contribution in [2.24, 2.45) is 0 Å². The number of nitrogens with zero attached hydrogens (tertiary/aromatic N) is 2. The van der Waals surface area contributed by atoms with E-state index in [9.17, 15) is 4.79 Å². The molecule has 19 heavy (non-hydrogen) atoms. The highest BCUT2D eigenvalue weighted by Crippen LogP contribution is 2.38. The summed E-state index contributed by atoms with van der Waals surface area (Å²) in [5, 5.41) is 7.38. The van der Waals surface area contributed by atoms with Gasteiger partial charge >= 0.3 is 0 Å². The summed E-state index contributed by atoms with van der Waals surface area (Å²) >= 11 is 0. The molecule has 3 rings (SSSR count). The minimum absolute atomic E-state index is 0.0524. The SMILES string of the molecule is CC(=O)NCCC1CCc2ccn3nc(C)cc3c21. The van der Waals surface area contributed by atoms with Gasteiger partial charge in [-0.3, -0.25) is 4.79 Å². The number of amides is 1. The molecule has 0 bridgehead atoms. The van der Waals surface area contributed by atoms with Crippen LogP contribution in [0.25, 0.3) is 5.52 Å². The van der Waals surface area contributed by atoms with Crippen LogP contribution in [0, 0.1) is 6.92 Å². The summed E-state index contributed by atoms with van der Waals surface area (Å²) in [5.41, 5.74) is 5.18. The van der Waals surface area contributed by atoms with Gasteiger partial charge in [0.25, 0.3) is 0 Å². The quantitative estimate of drug-likeness (QED) is 0.916. The third-order valence-corrected chi connectivity index (χ3v) is 3.93. The Bertz CT molecular complexity index is 630. The van der Waals surface area contributed by atoms with Crippen LogP contribution in [-0.2, 0) is 11.2 Å². The highest BCUT2D eigenvalue weighted by molar-refractivity contribution is 5.72. The van der Waals surface area contributed by atoms with Crippen LogP contribution in [0.5, 0.6) is 0 Å². The van der Waals surface area contributed by atoms with E-state index in [0.717, 1.165) is 25.1 Å². The molecule has 0 radical (unpaired) electrons. The van der Waals surface area contributed by atoms with Gasteiger partial charge in [0.05, 0.1) is 11.2 Å². The van der Waals surface area contributed by atoms with Gasteiger partial charge in [-0.15, -0.1) is 0 Å². The van der Waals surface area contributed by atoms with E-state index in [-0.39, 0.29) is 5.91 Å². The molecule has 2 heterocycles. The molecule has 1 N–H and O–H groups in total. The molecule has 100 valence electrons. The van der Waals surface area contributed by atoms with Gasteiger partial charge < -0.3 is 5.32 Å². The number of aryl methyl sites for hydroxylation is 2. The van der Waals surface area contributed by atoms with E-state index in [1.807, 2.05) is 11.4 Å². The molecule has 0 saturated carbocycles. The lowest BCUT2D eigenvalue weighted by atomic mass is 9.97. The number of nitrogens with one attached hydrogen (secondary N) is 1. The molecule has 2 aromatic rings. The van der Waals surface area contributed by atoms with Crippen LogP contribution >= 0.6 is 0 Å². The van der Waals surface area contributed by atoms with Gasteiger partial charge in [0, 0.05) is 19.7 Å². The van der Waals surface area contributed by atoms with E-state index in [1.165, 1.54) is 23.1 Å². The second-order valence-electron chi connectivity index (χ2n) is 5.38.